The summed E-state index contributed by atoms with van der Waals surface area (Å²) in [6, 6.07) is 6.91. The van der Waals surface area contributed by atoms with Crippen molar-refractivity contribution >= 4 is 0 Å². The molecule has 1 rings (SSSR count). The van der Waals surface area contributed by atoms with E-state index in [2.05, 4.69) is 5.32 Å². The van der Waals surface area contributed by atoms with Crippen LogP contribution >= 0.6 is 0 Å². The molecule has 3 heteroatoms. The van der Waals surface area contributed by atoms with Crippen LogP contribution in [0.3, 0.4) is 0 Å². The Morgan fingerprint density at radius 3 is 2.92 bits per heavy atom. The number of aryl methyl sites for hydroxylation is 1. The summed E-state index contributed by atoms with van der Waals surface area (Å²) < 4.78 is 12.8. The number of hydrogen-bond donors (Lipinski definition) is 1. The highest BCUT2D eigenvalue weighted by Gasteiger charge is 1.97. The molecule has 0 unspecified atom stereocenters. The topological polar surface area (TPSA) is 35.8 Å². The molecule has 1 aromatic carbocycles. The van der Waals surface area contributed by atoms with Gasteiger partial charge in [0.2, 0.25) is 0 Å². The maximum Gasteiger partial charge on any atom is 0.126 e. The highest BCUT2D eigenvalue weighted by atomic mass is 19.1. The van der Waals surface area contributed by atoms with Gasteiger partial charge in [0.1, 0.15) is 5.82 Å². The van der Waals surface area contributed by atoms with E-state index in [4.69, 9.17) is 5.26 Å². The molecular formula is C10H11FN2. The smallest absolute Gasteiger partial charge is 0.126 e. The highest BCUT2D eigenvalue weighted by Crippen LogP contribution is 2.08. The zero-order valence-corrected chi connectivity index (χ0v) is 7.47. The summed E-state index contributed by atoms with van der Waals surface area (Å²) in [7, 11) is 0. The van der Waals surface area contributed by atoms with Crippen LogP contribution in [0.4, 0.5) is 4.39 Å². The van der Waals surface area contributed by atoms with Gasteiger partial charge in [-0.2, -0.15) is 5.26 Å². The van der Waals surface area contributed by atoms with Crippen LogP contribution in [0, 0.1) is 24.1 Å². The van der Waals surface area contributed by atoms with Gasteiger partial charge in [-0.3, -0.25) is 0 Å². The average molecular weight is 178 g/mol. The molecule has 0 aliphatic heterocycles. The minimum atomic E-state index is -0.191. The Morgan fingerprint density at radius 2 is 2.31 bits per heavy atom. The molecule has 68 valence electrons. The second-order valence-corrected chi connectivity index (χ2v) is 2.85. The van der Waals surface area contributed by atoms with Crippen molar-refractivity contribution in [2.75, 3.05) is 6.54 Å². The van der Waals surface area contributed by atoms with E-state index in [1.807, 2.05) is 6.07 Å². The molecule has 0 atom stereocenters. The Morgan fingerprint density at radius 1 is 1.54 bits per heavy atom. The summed E-state index contributed by atoms with van der Waals surface area (Å²) in [6.45, 7) is 2.65. The van der Waals surface area contributed by atoms with E-state index in [1.165, 1.54) is 6.07 Å². The Hall–Kier alpha value is -1.40. The molecule has 0 aliphatic carbocycles. The predicted molar refractivity (Wildman–Crippen MR) is 48.5 cm³/mol. The molecule has 0 spiro atoms. The van der Waals surface area contributed by atoms with Gasteiger partial charge in [-0.1, -0.05) is 12.1 Å². The van der Waals surface area contributed by atoms with Crippen LogP contribution in [0.2, 0.25) is 0 Å². The first-order chi connectivity index (χ1) is 6.24. The van der Waals surface area contributed by atoms with Crippen LogP contribution in [-0.4, -0.2) is 6.54 Å². The van der Waals surface area contributed by atoms with Gasteiger partial charge in [0.05, 0.1) is 12.6 Å². The van der Waals surface area contributed by atoms with Crippen molar-refractivity contribution in [1.29, 1.82) is 5.26 Å². The summed E-state index contributed by atoms with van der Waals surface area (Å²) in [5.74, 6) is -0.191. The average Bonchev–Trinajstić information content (AvgIpc) is 2.12. The van der Waals surface area contributed by atoms with E-state index >= 15 is 0 Å². The molecule has 0 aliphatic rings. The summed E-state index contributed by atoms with van der Waals surface area (Å²) in [4.78, 5) is 0. The van der Waals surface area contributed by atoms with Crippen LogP contribution in [0.1, 0.15) is 11.1 Å². The number of benzene rings is 1. The summed E-state index contributed by atoms with van der Waals surface area (Å²) in [5.41, 5.74) is 1.63. The lowest BCUT2D eigenvalue weighted by Crippen LogP contribution is -2.13. The number of nitriles is 1. The summed E-state index contributed by atoms with van der Waals surface area (Å²) in [6.07, 6.45) is 0. The van der Waals surface area contributed by atoms with Gasteiger partial charge in [-0.15, -0.1) is 0 Å². The van der Waals surface area contributed by atoms with Crippen molar-refractivity contribution in [3.8, 4) is 6.07 Å². The zero-order chi connectivity index (χ0) is 9.68. The van der Waals surface area contributed by atoms with Gasteiger partial charge >= 0.3 is 0 Å². The van der Waals surface area contributed by atoms with E-state index in [1.54, 1.807) is 19.1 Å². The molecule has 0 bridgehead atoms. The highest BCUT2D eigenvalue weighted by molar-refractivity contribution is 5.23. The van der Waals surface area contributed by atoms with Crippen LogP contribution in [-0.2, 0) is 6.54 Å². The molecule has 1 N–H and O–H groups in total. The molecule has 0 aromatic heterocycles. The third-order valence-corrected chi connectivity index (χ3v) is 1.76. The SMILES string of the molecule is Cc1cc(CNCC#N)ccc1F. The molecular weight excluding hydrogens is 167 g/mol. The third-order valence-electron chi connectivity index (χ3n) is 1.76. The maximum absolute atomic E-state index is 12.8. The lowest BCUT2D eigenvalue weighted by atomic mass is 10.1. The molecule has 0 fully saturated rings. The fourth-order valence-electron chi connectivity index (χ4n) is 1.08. The predicted octanol–water partition coefficient (Wildman–Crippen LogP) is 1.75. The maximum atomic E-state index is 12.8. The molecule has 0 saturated carbocycles. The van der Waals surface area contributed by atoms with Crippen molar-refractivity contribution in [3.63, 3.8) is 0 Å². The van der Waals surface area contributed by atoms with Crippen molar-refractivity contribution in [2.24, 2.45) is 0 Å². The van der Waals surface area contributed by atoms with Gasteiger partial charge in [0.15, 0.2) is 0 Å². The third kappa shape index (κ3) is 2.85. The molecule has 13 heavy (non-hydrogen) atoms. The van der Waals surface area contributed by atoms with Gasteiger partial charge in [-0.05, 0) is 24.1 Å². The molecule has 0 heterocycles. The van der Waals surface area contributed by atoms with E-state index < -0.39 is 0 Å². The summed E-state index contributed by atoms with van der Waals surface area (Å²) >= 11 is 0. The molecule has 2 nitrogen and oxygen atoms in total. The molecule has 0 saturated heterocycles. The quantitative estimate of drug-likeness (QED) is 0.565. The van der Waals surface area contributed by atoms with Crippen molar-refractivity contribution in [2.45, 2.75) is 13.5 Å². The second-order valence-electron chi connectivity index (χ2n) is 2.85. The van der Waals surface area contributed by atoms with E-state index in [0.29, 0.717) is 18.7 Å². The van der Waals surface area contributed by atoms with Crippen LogP contribution in [0.15, 0.2) is 18.2 Å². The van der Waals surface area contributed by atoms with Crippen LogP contribution < -0.4 is 5.32 Å². The van der Waals surface area contributed by atoms with E-state index in [-0.39, 0.29) is 5.82 Å². The molecule has 0 radical (unpaired) electrons. The number of nitrogens with one attached hydrogen (secondary N) is 1. The van der Waals surface area contributed by atoms with Crippen molar-refractivity contribution < 1.29 is 4.39 Å². The standard InChI is InChI=1S/C10H11FN2/c1-8-6-9(2-3-10(8)11)7-13-5-4-12/h2-3,6,13H,5,7H2,1H3. The Balaban J connectivity index is 2.59. The first-order valence-electron chi connectivity index (χ1n) is 4.06. The van der Waals surface area contributed by atoms with E-state index in [0.717, 1.165) is 5.56 Å². The Kier molecular flexibility index (Phi) is 3.41. The Labute approximate surface area is 77.0 Å². The second kappa shape index (κ2) is 4.58. The summed E-state index contributed by atoms with van der Waals surface area (Å²) in [5, 5.41) is 11.2. The van der Waals surface area contributed by atoms with Gasteiger partial charge < -0.3 is 5.32 Å². The molecule has 0 amide bonds. The van der Waals surface area contributed by atoms with Crippen LogP contribution in [0.25, 0.3) is 0 Å². The minimum absolute atomic E-state index is 0.191. The lowest BCUT2D eigenvalue weighted by Gasteiger charge is -2.02. The zero-order valence-electron chi connectivity index (χ0n) is 7.47. The number of halogens is 1. The largest absolute Gasteiger partial charge is 0.300 e. The number of nitrogens with zero attached hydrogens (tertiary/aromatic N) is 1. The minimum Gasteiger partial charge on any atom is -0.300 e. The van der Waals surface area contributed by atoms with Crippen molar-refractivity contribution in [3.05, 3.63) is 35.1 Å². The molecule has 1 aromatic rings. The Bertz CT molecular complexity index is 328. The number of rotatable bonds is 3. The fourth-order valence-corrected chi connectivity index (χ4v) is 1.08. The van der Waals surface area contributed by atoms with Crippen molar-refractivity contribution in [1.82, 2.24) is 5.32 Å². The van der Waals surface area contributed by atoms with E-state index in [9.17, 15) is 4.39 Å². The van der Waals surface area contributed by atoms with Gasteiger partial charge in [0.25, 0.3) is 0 Å². The number of hydrogen-bond acceptors (Lipinski definition) is 2. The fraction of sp³-hybridized carbons (Fsp3) is 0.300. The van der Waals surface area contributed by atoms with Gasteiger partial charge in [-0.25, -0.2) is 4.39 Å². The van der Waals surface area contributed by atoms with Gasteiger partial charge in [0, 0.05) is 6.54 Å². The van der Waals surface area contributed by atoms with Crippen LogP contribution in [0.5, 0.6) is 0 Å². The lowest BCUT2D eigenvalue weighted by molar-refractivity contribution is 0.616. The first-order valence-corrected chi connectivity index (χ1v) is 4.06. The normalized spacial score (nSPS) is 9.62. The monoisotopic (exact) mass is 178 g/mol. The first kappa shape index (κ1) is 9.69.